The van der Waals surface area contributed by atoms with Crippen LogP contribution in [0.5, 0.6) is 5.75 Å². The molecule has 2 aromatic rings. The van der Waals surface area contributed by atoms with Crippen molar-refractivity contribution in [3.63, 3.8) is 0 Å². The number of aliphatic imine (C=N–C) groups is 1. The number of hydrogen-bond acceptors (Lipinski definition) is 4. The molecule has 162 valence electrons. The molecule has 7 nitrogen and oxygen atoms in total. The van der Waals surface area contributed by atoms with E-state index in [2.05, 4.69) is 20.7 Å². The van der Waals surface area contributed by atoms with Gasteiger partial charge in [0.2, 0.25) is 0 Å². The van der Waals surface area contributed by atoms with Crippen molar-refractivity contribution in [2.75, 3.05) is 19.7 Å². The number of rotatable bonds is 8. The number of aryl methyl sites for hydroxylation is 1. The Bertz CT molecular complexity index is 783. The highest BCUT2D eigenvalue weighted by Crippen LogP contribution is 2.31. The summed E-state index contributed by atoms with van der Waals surface area (Å²) in [6.07, 6.45) is -3.69. The number of hydrogen-bond donors (Lipinski definition) is 3. The maximum Gasteiger partial charge on any atom is 0.416 e. The molecule has 3 N–H and O–H groups in total. The van der Waals surface area contributed by atoms with Gasteiger partial charge in [-0.3, -0.25) is 4.68 Å². The Morgan fingerprint density at radius 1 is 1.31 bits per heavy atom. The van der Waals surface area contributed by atoms with Gasteiger partial charge in [0.25, 0.3) is 0 Å². The van der Waals surface area contributed by atoms with E-state index in [0.29, 0.717) is 19.0 Å². The summed E-state index contributed by atoms with van der Waals surface area (Å²) in [5.74, 6) is 0.549. The number of benzene rings is 1. The Kier molecular flexibility index (Phi) is 10.2. The first kappa shape index (κ1) is 25.0. The van der Waals surface area contributed by atoms with Crippen molar-refractivity contribution in [2.45, 2.75) is 25.7 Å². The lowest BCUT2D eigenvalue weighted by Gasteiger charge is -2.16. The van der Waals surface area contributed by atoms with Gasteiger partial charge < -0.3 is 20.5 Å². The van der Waals surface area contributed by atoms with Crippen LogP contribution in [0.3, 0.4) is 0 Å². The third-order valence-corrected chi connectivity index (χ3v) is 3.77. The number of halogens is 4. The molecule has 1 aromatic carbocycles. The number of ether oxygens (including phenoxy) is 1. The van der Waals surface area contributed by atoms with Gasteiger partial charge in [-0.25, -0.2) is 4.99 Å². The van der Waals surface area contributed by atoms with E-state index in [1.807, 2.05) is 20.0 Å². The van der Waals surface area contributed by atoms with Gasteiger partial charge in [0, 0.05) is 26.3 Å². The summed E-state index contributed by atoms with van der Waals surface area (Å²) >= 11 is 0. The van der Waals surface area contributed by atoms with Crippen LogP contribution in [-0.4, -0.2) is 46.6 Å². The first-order chi connectivity index (χ1) is 13.3. The Hall–Kier alpha value is -2.02. The summed E-state index contributed by atoms with van der Waals surface area (Å²) in [4.78, 5) is 4.40. The van der Waals surface area contributed by atoms with E-state index in [1.54, 1.807) is 10.9 Å². The molecule has 0 bridgehead atoms. The van der Waals surface area contributed by atoms with Crippen molar-refractivity contribution in [1.29, 1.82) is 0 Å². The van der Waals surface area contributed by atoms with E-state index in [0.717, 1.165) is 17.8 Å². The van der Waals surface area contributed by atoms with Gasteiger partial charge in [0.15, 0.2) is 5.96 Å². The van der Waals surface area contributed by atoms with Crippen molar-refractivity contribution in [2.24, 2.45) is 12.0 Å². The summed E-state index contributed by atoms with van der Waals surface area (Å²) in [5, 5.41) is 20.1. The van der Waals surface area contributed by atoms with Crippen molar-refractivity contribution in [3.05, 3.63) is 47.8 Å². The van der Waals surface area contributed by atoms with Crippen LogP contribution in [0.4, 0.5) is 13.2 Å². The molecule has 0 aliphatic heterocycles. The number of aliphatic hydroxyl groups is 1. The molecule has 0 radical (unpaired) electrons. The van der Waals surface area contributed by atoms with Crippen LogP contribution in [0, 0.1) is 0 Å². The van der Waals surface area contributed by atoms with Crippen molar-refractivity contribution in [1.82, 2.24) is 20.4 Å². The second-order valence-corrected chi connectivity index (χ2v) is 6.01. The Morgan fingerprint density at radius 3 is 2.69 bits per heavy atom. The Labute approximate surface area is 184 Å². The van der Waals surface area contributed by atoms with Crippen LogP contribution in [0.15, 0.2) is 41.5 Å². The quantitative estimate of drug-likeness (QED) is 0.279. The van der Waals surface area contributed by atoms with Crippen LogP contribution >= 0.6 is 24.0 Å². The zero-order valence-electron chi connectivity index (χ0n) is 16.1. The van der Waals surface area contributed by atoms with Crippen molar-refractivity contribution in [3.8, 4) is 5.75 Å². The summed E-state index contributed by atoms with van der Waals surface area (Å²) < 4.78 is 45.1. The molecule has 0 fully saturated rings. The van der Waals surface area contributed by atoms with Crippen LogP contribution in [0.25, 0.3) is 0 Å². The molecule has 2 rings (SSSR count). The van der Waals surface area contributed by atoms with E-state index >= 15 is 0 Å². The highest BCUT2D eigenvalue weighted by atomic mass is 127. The standard InChI is InChI=1S/C18H24F3N5O2.HI/c1-3-22-17(23-10-14-7-8-25-26(14)2)24-11-15(27)12-28-16-6-4-5-13(9-16)18(19,20)21;/h4-9,15,27H,3,10-12H2,1-2H3,(H2,22,23,24);1H. The fraction of sp³-hybridized carbons (Fsp3) is 0.444. The zero-order valence-corrected chi connectivity index (χ0v) is 18.4. The van der Waals surface area contributed by atoms with Gasteiger partial charge in [-0.15, -0.1) is 24.0 Å². The fourth-order valence-electron chi connectivity index (χ4n) is 2.29. The minimum Gasteiger partial charge on any atom is -0.491 e. The minimum absolute atomic E-state index is 0. The molecular formula is C18H25F3IN5O2. The predicted molar refractivity (Wildman–Crippen MR) is 114 cm³/mol. The van der Waals surface area contributed by atoms with Crippen LogP contribution in [0.1, 0.15) is 18.2 Å². The molecule has 29 heavy (non-hydrogen) atoms. The average molecular weight is 527 g/mol. The van der Waals surface area contributed by atoms with Crippen molar-refractivity contribution >= 4 is 29.9 Å². The number of nitrogens with zero attached hydrogens (tertiary/aromatic N) is 3. The smallest absolute Gasteiger partial charge is 0.416 e. The van der Waals surface area contributed by atoms with Crippen LogP contribution in [0.2, 0.25) is 0 Å². The lowest BCUT2D eigenvalue weighted by Crippen LogP contribution is -2.42. The third-order valence-electron chi connectivity index (χ3n) is 3.77. The lowest BCUT2D eigenvalue weighted by molar-refractivity contribution is -0.137. The van der Waals surface area contributed by atoms with E-state index in [-0.39, 0.29) is 42.9 Å². The first-order valence-electron chi connectivity index (χ1n) is 8.76. The molecule has 11 heteroatoms. The van der Waals surface area contributed by atoms with Gasteiger partial charge in [-0.1, -0.05) is 6.07 Å². The Balaban J connectivity index is 0.00000420. The maximum atomic E-state index is 12.7. The average Bonchev–Trinajstić information content (AvgIpc) is 3.06. The third kappa shape index (κ3) is 8.48. The second kappa shape index (κ2) is 11.9. The van der Waals surface area contributed by atoms with E-state index < -0.39 is 17.8 Å². The van der Waals surface area contributed by atoms with E-state index in [9.17, 15) is 18.3 Å². The lowest BCUT2D eigenvalue weighted by atomic mass is 10.2. The normalized spacial score (nSPS) is 12.8. The molecule has 0 aliphatic rings. The largest absolute Gasteiger partial charge is 0.491 e. The molecule has 1 atom stereocenters. The molecule has 0 spiro atoms. The van der Waals surface area contributed by atoms with E-state index in [4.69, 9.17) is 4.74 Å². The summed E-state index contributed by atoms with van der Waals surface area (Å²) in [6.45, 7) is 2.91. The monoisotopic (exact) mass is 527 g/mol. The summed E-state index contributed by atoms with van der Waals surface area (Å²) in [6, 6.07) is 6.39. The number of alkyl halides is 3. The molecular weight excluding hydrogens is 502 g/mol. The highest BCUT2D eigenvalue weighted by Gasteiger charge is 2.30. The molecule has 1 unspecified atom stereocenters. The molecule has 0 aliphatic carbocycles. The maximum absolute atomic E-state index is 12.7. The first-order valence-corrected chi connectivity index (χ1v) is 8.76. The van der Waals surface area contributed by atoms with Crippen LogP contribution in [-0.2, 0) is 19.8 Å². The van der Waals surface area contributed by atoms with Crippen LogP contribution < -0.4 is 15.4 Å². The van der Waals surface area contributed by atoms with Gasteiger partial charge in [0.1, 0.15) is 18.5 Å². The Morgan fingerprint density at radius 2 is 2.07 bits per heavy atom. The fourth-order valence-corrected chi connectivity index (χ4v) is 2.29. The molecule has 1 aromatic heterocycles. The number of aromatic nitrogens is 2. The summed E-state index contributed by atoms with van der Waals surface area (Å²) in [5.41, 5.74) is 0.125. The second-order valence-electron chi connectivity index (χ2n) is 6.01. The van der Waals surface area contributed by atoms with E-state index in [1.165, 1.54) is 12.1 Å². The molecule has 0 saturated heterocycles. The van der Waals surface area contributed by atoms with Gasteiger partial charge in [-0.2, -0.15) is 18.3 Å². The number of aliphatic hydroxyl groups excluding tert-OH is 1. The van der Waals surface area contributed by atoms with Gasteiger partial charge in [-0.05, 0) is 31.2 Å². The molecule has 0 saturated carbocycles. The highest BCUT2D eigenvalue weighted by molar-refractivity contribution is 14.0. The summed E-state index contributed by atoms with van der Waals surface area (Å²) in [7, 11) is 1.82. The number of nitrogens with one attached hydrogen (secondary N) is 2. The SMILES string of the molecule is CCNC(=NCc1ccnn1C)NCC(O)COc1cccc(C(F)(F)F)c1.I. The predicted octanol–water partition coefficient (Wildman–Crippen LogP) is 2.55. The molecule has 0 amide bonds. The van der Waals surface area contributed by atoms with Crippen molar-refractivity contribution < 1.29 is 23.0 Å². The zero-order chi connectivity index (χ0) is 20.6. The van der Waals surface area contributed by atoms with Gasteiger partial charge in [0.05, 0.1) is 17.8 Å². The number of guanidine groups is 1. The molecule has 1 heterocycles. The van der Waals surface area contributed by atoms with Gasteiger partial charge >= 0.3 is 6.18 Å². The topological polar surface area (TPSA) is 83.7 Å². The minimum atomic E-state index is -4.44.